The molecule has 2 N–H and O–H groups in total. The van der Waals surface area contributed by atoms with E-state index in [4.69, 9.17) is 20.9 Å². The Labute approximate surface area is 228 Å². The molecule has 2 fully saturated rings. The molecule has 2 saturated heterocycles. The van der Waals surface area contributed by atoms with Crippen LogP contribution in [0.15, 0.2) is 53.4 Å². The molecular weight excluding hydrogens is 532 g/mol. The van der Waals surface area contributed by atoms with Gasteiger partial charge >= 0.3 is 0 Å². The third-order valence-electron chi connectivity index (χ3n) is 7.14. The van der Waals surface area contributed by atoms with E-state index in [1.54, 1.807) is 26.0 Å². The van der Waals surface area contributed by atoms with Crippen molar-refractivity contribution in [2.24, 2.45) is 0 Å². The van der Waals surface area contributed by atoms with Crippen LogP contribution < -0.4 is 20.3 Å². The second kappa shape index (κ2) is 10.8. The molecule has 2 aromatic heterocycles. The van der Waals surface area contributed by atoms with Crippen LogP contribution in [0, 0.1) is 0 Å². The van der Waals surface area contributed by atoms with Gasteiger partial charge in [0.2, 0.25) is 0 Å². The normalized spacial score (nSPS) is 20.7. The summed E-state index contributed by atoms with van der Waals surface area (Å²) in [6, 6.07) is 9.28. The number of hydrogen-bond donors (Lipinski definition) is 2. The number of fused-ring (bicyclic) bond motifs is 2. The number of alkyl halides is 2. The lowest BCUT2D eigenvalue weighted by Crippen LogP contribution is -2.55. The van der Waals surface area contributed by atoms with Crippen molar-refractivity contribution in [3.05, 3.63) is 65.0 Å². The summed E-state index contributed by atoms with van der Waals surface area (Å²) in [4.78, 5) is 32.4. The van der Waals surface area contributed by atoms with Crippen LogP contribution in [0.3, 0.4) is 0 Å². The number of ether oxygens (including phenoxy) is 1. The van der Waals surface area contributed by atoms with Gasteiger partial charge < -0.3 is 24.8 Å². The van der Waals surface area contributed by atoms with E-state index in [2.05, 4.69) is 25.7 Å². The average Bonchev–Trinajstić information content (AvgIpc) is 3.50. The summed E-state index contributed by atoms with van der Waals surface area (Å²) in [6.07, 6.45) is 3.43. The maximum atomic E-state index is 13.5. The molecule has 9 nitrogen and oxygen atoms in total. The standard InChI is InChI=1S/C27H28ClF2N5O4/c1-27(2,39-21-7-4-16(28)11-20(21)24(29)30)26(37)32-17-12-18-5-6-19(13-17)35(18)23-8-3-15(14-31-23)25(36)33-22-9-10-38-34-22/h3-4,7-11,14,17-19,24H,5-6,12-13H2,1-2H3,(H,32,37)(H,33,34,36). The van der Waals surface area contributed by atoms with Crippen LogP contribution in [-0.4, -0.2) is 45.7 Å². The number of halogens is 3. The lowest BCUT2D eigenvalue weighted by molar-refractivity contribution is -0.135. The maximum Gasteiger partial charge on any atom is 0.267 e. The van der Waals surface area contributed by atoms with Gasteiger partial charge in [0, 0.05) is 35.4 Å². The zero-order valence-corrected chi connectivity index (χ0v) is 22.1. The van der Waals surface area contributed by atoms with E-state index in [0.29, 0.717) is 24.2 Å². The number of benzene rings is 1. The van der Waals surface area contributed by atoms with Crippen LogP contribution in [0.5, 0.6) is 5.75 Å². The Morgan fingerprint density at radius 2 is 1.90 bits per heavy atom. The third-order valence-corrected chi connectivity index (χ3v) is 7.38. The predicted molar refractivity (Wildman–Crippen MR) is 140 cm³/mol. The van der Waals surface area contributed by atoms with E-state index in [1.807, 2.05) is 6.07 Å². The van der Waals surface area contributed by atoms with Crippen LogP contribution in [-0.2, 0) is 4.79 Å². The van der Waals surface area contributed by atoms with Crippen molar-refractivity contribution in [1.29, 1.82) is 0 Å². The average molecular weight is 560 g/mol. The zero-order valence-electron chi connectivity index (χ0n) is 21.4. The molecule has 2 aliphatic rings. The number of amides is 2. The van der Waals surface area contributed by atoms with E-state index in [1.165, 1.54) is 24.6 Å². The molecule has 39 heavy (non-hydrogen) atoms. The molecule has 0 aliphatic carbocycles. The first kappa shape index (κ1) is 26.9. The van der Waals surface area contributed by atoms with Crippen molar-refractivity contribution in [3.8, 4) is 5.75 Å². The molecule has 206 valence electrons. The molecule has 3 aromatic rings. The third kappa shape index (κ3) is 5.83. The molecule has 0 spiro atoms. The second-order valence-corrected chi connectivity index (χ2v) is 10.7. The number of piperidine rings is 1. The van der Waals surface area contributed by atoms with Crippen molar-refractivity contribution >= 4 is 35.1 Å². The Morgan fingerprint density at radius 1 is 1.15 bits per heavy atom. The minimum absolute atomic E-state index is 0.0753. The number of rotatable bonds is 8. The summed E-state index contributed by atoms with van der Waals surface area (Å²) in [7, 11) is 0. The molecule has 4 heterocycles. The summed E-state index contributed by atoms with van der Waals surface area (Å²) in [5.74, 6) is 0.305. The van der Waals surface area contributed by atoms with E-state index in [0.717, 1.165) is 24.7 Å². The molecule has 2 unspecified atom stereocenters. The molecule has 5 rings (SSSR count). The highest BCUT2D eigenvalue weighted by atomic mass is 35.5. The predicted octanol–water partition coefficient (Wildman–Crippen LogP) is 5.39. The zero-order chi connectivity index (χ0) is 27.7. The first-order chi connectivity index (χ1) is 18.6. The molecule has 0 saturated carbocycles. The van der Waals surface area contributed by atoms with Gasteiger partial charge in [-0.1, -0.05) is 16.8 Å². The highest BCUT2D eigenvalue weighted by Crippen LogP contribution is 2.39. The largest absolute Gasteiger partial charge is 0.478 e. The SMILES string of the molecule is CC(C)(Oc1ccc(Cl)cc1C(F)F)C(=O)NC1CC2CCC(C1)N2c1ccc(C(=O)Nc2ccon2)cn1. The number of nitrogens with zero attached hydrogens (tertiary/aromatic N) is 3. The fourth-order valence-corrected chi connectivity index (χ4v) is 5.45. The topological polar surface area (TPSA) is 110 Å². The lowest BCUT2D eigenvalue weighted by Gasteiger charge is -2.41. The Kier molecular flexibility index (Phi) is 7.44. The smallest absolute Gasteiger partial charge is 0.267 e. The molecule has 2 amide bonds. The minimum Gasteiger partial charge on any atom is -0.478 e. The Bertz CT molecular complexity index is 1320. The van der Waals surface area contributed by atoms with E-state index >= 15 is 0 Å². The first-order valence-corrected chi connectivity index (χ1v) is 13.0. The van der Waals surface area contributed by atoms with Crippen LogP contribution >= 0.6 is 11.6 Å². The van der Waals surface area contributed by atoms with Crippen LogP contribution in [0.25, 0.3) is 0 Å². The van der Waals surface area contributed by atoms with Gasteiger partial charge in [-0.05, 0) is 69.9 Å². The van der Waals surface area contributed by atoms with Crippen LogP contribution in [0.1, 0.15) is 61.9 Å². The van der Waals surface area contributed by atoms with Crippen molar-refractivity contribution in [1.82, 2.24) is 15.5 Å². The molecule has 2 bridgehead atoms. The number of carbonyl (C=O) groups is 2. The molecule has 0 radical (unpaired) electrons. The number of anilines is 2. The van der Waals surface area contributed by atoms with Gasteiger partial charge in [0.1, 0.15) is 17.8 Å². The fraction of sp³-hybridized carbons (Fsp3) is 0.407. The number of carbonyl (C=O) groups excluding carboxylic acids is 2. The lowest BCUT2D eigenvalue weighted by atomic mass is 9.96. The highest BCUT2D eigenvalue weighted by Gasteiger charge is 2.43. The van der Waals surface area contributed by atoms with Crippen molar-refractivity contribution < 1.29 is 27.6 Å². The summed E-state index contributed by atoms with van der Waals surface area (Å²) < 4.78 is 37.5. The molecular formula is C27H28ClF2N5O4. The number of aromatic nitrogens is 2. The second-order valence-electron chi connectivity index (χ2n) is 10.3. The van der Waals surface area contributed by atoms with Gasteiger partial charge in [-0.3, -0.25) is 9.59 Å². The van der Waals surface area contributed by atoms with Gasteiger partial charge in [0.05, 0.1) is 11.1 Å². The fourth-order valence-electron chi connectivity index (χ4n) is 5.27. The quantitative estimate of drug-likeness (QED) is 0.381. The van der Waals surface area contributed by atoms with Gasteiger partial charge in [-0.15, -0.1) is 0 Å². The van der Waals surface area contributed by atoms with E-state index in [9.17, 15) is 18.4 Å². The van der Waals surface area contributed by atoms with E-state index < -0.39 is 12.0 Å². The van der Waals surface area contributed by atoms with Gasteiger partial charge in [-0.25, -0.2) is 13.8 Å². The van der Waals surface area contributed by atoms with Crippen molar-refractivity contribution in [2.45, 2.75) is 69.7 Å². The van der Waals surface area contributed by atoms with Crippen LogP contribution in [0.4, 0.5) is 20.4 Å². The van der Waals surface area contributed by atoms with Crippen LogP contribution in [0.2, 0.25) is 5.02 Å². The molecule has 1 aromatic carbocycles. The Hall–Kier alpha value is -3.73. The highest BCUT2D eigenvalue weighted by molar-refractivity contribution is 6.30. The summed E-state index contributed by atoms with van der Waals surface area (Å²) in [5.41, 5.74) is -1.34. The summed E-state index contributed by atoms with van der Waals surface area (Å²) >= 11 is 5.86. The maximum absolute atomic E-state index is 13.5. The van der Waals surface area contributed by atoms with E-state index in [-0.39, 0.29) is 46.3 Å². The van der Waals surface area contributed by atoms with Gasteiger partial charge in [0.25, 0.3) is 18.2 Å². The number of hydrogen-bond acceptors (Lipinski definition) is 7. The Morgan fingerprint density at radius 3 is 2.51 bits per heavy atom. The Balaban J connectivity index is 1.20. The molecule has 12 heteroatoms. The summed E-state index contributed by atoms with van der Waals surface area (Å²) in [5, 5.41) is 9.54. The molecule has 2 aliphatic heterocycles. The van der Waals surface area contributed by atoms with Crippen molar-refractivity contribution in [3.63, 3.8) is 0 Å². The van der Waals surface area contributed by atoms with Crippen molar-refractivity contribution in [2.75, 3.05) is 10.2 Å². The van der Waals surface area contributed by atoms with Gasteiger partial charge in [0.15, 0.2) is 11.4 Å². The minimum atomic E-state index is -2.79. The molecule has 2 atom stereocenters. The number of nitrogens with one attached hydrogen (secondary N) is 2. The first-order valence-electron chi connectivity index (χ1n) is 12.6. The monoisotopic (exact) mass is 559 g/mol. The number of pyridine rings is 1. The summed E-state index contributed by atoms with van der Waals surface area (Å²) in [6.45, 7) is 3.11. The van der Waals surface area contributed by atoms with Gasteiger partial charge in [-0.2, -0.15) is 0 Å².